The van der Waals surface area contributed by atoms with Crippen molar-refractivity contribution in [2.75, 3.05) is 40.9 Å². The topological polar surface area (TPSA) is 105 Å². The molecule has 0 aliphatic heterocycles. The van der Waals surface area contributed by atoms with Crippen molar-refractivity contribution in [3.63, 3.8) is 0 Å². The summed E-state index contributed by atoms with van der Waals surface area (Å²) in [5, 5.41) is 13.7. The summed E-state index contributed by atoms with van der Waals surface area (Å²) in [6, 6.07) is -0.870. The number of aliphatic hydroxyl groups is 1. The fraction of sp³-hybridized carbons (Fsp3) is 0.791. The minimum absolute atomic E-state index is 0.0514. The molecule has 0 bridgehead atoms. The summed E-state index contributed by atoms with van der Waals surface area (Å²) in [7, 11) is 1.54. The van der Waals surface area contributed by atoms with Crippen molar-refractivity contribution in [3.05, 3.63) is 48.6 Å². The molecule has 0 rings (SSSR count). The molecule has 0 aliphatic carbocycles. The second-order valence-corrected chi connectivity index (χ2v) is 16.8. The molecule has 0 fully saturated rings. The Bertz CT molecular complexity index is 991. The zero-order valence-electron chi connectivity index (χ0n) is 34.3. The predicted octanol–water partition coefficient (Wildman–Crippen LogP) is 11.3. The van der Waals surface area contributed by atoms with Gasteiger partial charge in [-0.15, -0.1) is 0 Å². The number of rotatable bonds is 37. The monoisotopic (exact) mass is 754 g/mol. The Morgan fingerprint density at radius 3 is 1.60 bits per heavy atom. The lowest BCUT2D eigenvalue weighted by atomic mass is 10.1. The Morgan fingerprint density at radius 2 is 1.08 bits per heavy atom. The van der Waals surface area contributed by atoms with Gasteiger partial charge in [0.15, 0.2) is 0 Å². The molecule has 0 spiro atoms. The molecule has 3 N–H and O–H groups in total. The quantitative estimate of drug-likeness (QED) is 0.0252. The van der Waals surface area contributed by atoms with Crippen LogP contribution < -0.4 is 5.32 Å². The van der Waals surface area contributed by atoms with E-state index in [0.29, 0.717) is 17.4 Å². The summed E-state index contributed by atoms with van der Waals surface area (Å²) in [5.41, 5.74) is 0. The van der Waals surface area contributed by atoms with Gasteiger partial charge in [-0.1, -0.05) is 146 Å². The summed E-state index contributed by atoms with van der Waals surface area (Å²) in [6.45, 7) is 4.71. The van der Waals surface area contributed by atoms with Gasteiger partial charge in [-0.2, -0.15) is 0 Å². The van der Waals surface area contributed by atoms with Crippen LogP contribution in [0.1, 0.15) is 168 Å². The molecule has 3 atom stereocenters. The standard InChI is InChI=1S/C43H81N2O6P/c1-6-8-10-12-14-16-18-20-21-22-23-24-25-27-29-31-33-35-37-43(47)44-41(40-51-52(48,49)50-39-38-45(3,4)5)42(46)36-34-32-30-28-26-19-17-15-13-11-9-7-2/h13,15,21-22,26,28,34,36,41-42,46H,6-12,14,16-20,23-25,27,29-33,35,37-40H2,1-5H3,(H-,44,47,48,49)/p+1/b15-13+,22-21-,28-26+,36-34+. The van der Waals surface area contributed by atoms with Crippen LogP contribution in [0, 0.1) is 0 Å². The number of hydrogen-bond acceptors (Lipinski definition) is 5. The number of nitrogens with one attached hydrogen (secondary N) is 1. The van der Waals surface area contributed by atoms with Crippen LogP contribution in [-0.4, -0.2) is 73.4 Å². The number of hydrogen-bond donors (Lipinski definition) is 3. The number of nitrogens with zero attached hydrogens (tertiary/aromatic N) is 1. The SMILES string of the molecule is CCCC/C=C/CC/C=C/CC/C=C/C(O)C(COP(=O)(O)OCC[N+](C)(C)C)NC(=O)CCCCCCCCC/C=C\CCCCCCCCC. The molecule has 9 heteroatoms. The molecule has 8 nitrogen and oxygen atoms in total. The van der Waals surface area contributed by atoms with Crippen LogP contribution >= 0.6 is 7.82 Å². The van der Waals surface area contributed by atoms with Crippen LogP contribution in [-0.2, 0) is 18.4 Å². The van der Waals surface area contributed by atoms with Gasteiger partial charge in [0.25, 0.3) is 0 Å². The van der Waals surface area contributed by atoms with Crippen LogP contribution in [0.2, 0.25) is 0 Å². The fourth-order valence-electron chi connectivity index (χ4n) is 5.58. The lowest BCUT2D eigenvalue weighted by Crippen LogP contribution is -2.45. The third-order valence-electron chi connectivity index (χ3n) is 9.00. The van der Waals surface area contributed by atoms with Crippen LogP contribution in [0.4, 0.5) is 0 Å². The highest BCUT2D eigenvalue weighted by molar-refractivity contribution is 7.47. The minimum Gasteiger partial charge on any atom is -0.387 e. The summed E-state index contributed by atoms with van der Waals surface area (Å²) in [4.78, 5) is 23.0. The van der Waals surface area contributed by atoms with Crippen molar-refractivity contribution in [1.82, 2.24) is 5.32 Å². The molecule has 0 aromatic heterocycles. The first-order chi connectivity index (χ1) is 25.0. The highest BCUT2D eigenvalue weighted by Crippen LogP contribution is 2.43. The molecule has 0 saturated carbocycles. The van der Waals surface area contributed by atoms with Crippen molar-refractivity contribution in [2.45, 2.75) is 180 Å². The maximum Gasteiger partial charge on any atom is 0.472 e. The third-order valence-corrected chi connectivity index (χ3v) is 9.98. The van der Waals surface area contributed by atoms with Gasteiger partial charge in [0, 0.05) is 6.42 Å². The van der Waals surface area contributed by atoms with Crippen LogP contribution in [0.3, 0.4) is 0 Å². The van der Waals surface area contributed by atoms with E-state index in [0.717, 1.165) is 51.4 Å². The van der Waals surface area contributed by atoms with E-state index in [9.17, 15) is 19.4 Å². The molecule has 0 heterocycles. The van der Waals surface area contributed by atoms with E-state index in [4.69, 9.17) is 9.05 Å². The number of unbranched alkanes of at least 4 members (excludes halogenated alkanes) is 18. The number of aliphatic hydroxyl groups excluding tert-OH is 1. The van der Waals surface area contributed by atoms with E-state index >= 15 is 0 Å². The molecule has 52 heavy (non-hydrogen) atoms. The third kappa shape index (κ3) is 36.8. The number of quaternary nitrogens is 1. The highest BCUT2D eigenvalue weighted by atomic mass is 31.2. The molecular weight excluding hydrogens is 671 g/mol. The highest BCUT2D eigenvalue weighted by Gasteiger charge is 2.27. The Balaban J connectivity index is 4.48. The lowest BCUT2D eigenvalue weighted by molar-refractivity contribution is -0.870. The van der Waals surface area contributed by atoms with Gasteiger partial charge in [-0.05, 0) is 64.2 Å². The second-order valence-electron chi connectivity index (χ2n) is 15.3. The molecule has 1 amide bonds. The normalized spacial score (nSPS) is 15.0. The van der Waals surface area contributed by atoms with Crippen molar-refractivity contribution in [1.29, 1.82) is 0 Å². The maximum absolute atomic E-state index is 12.8. The second kappa shape index (κ2) is 35.2. The summed E-state index contributed by atoms with van der Waals surface area (Å²) >= 11 is 0. The number of amides is 1. The Morgan fingerprint density at radius 1 is 0.635 bits per heavy atom. The molecule has 0 aromatic carbocycles. The molecule has 0 saturated heterocycles. The fourth-order valence-corrected chi connectivity index (χ4v) is 6.32. The zero-order valence-corrected chi connectivity index (χ0v) is 35.2. The first-order valence-corrected chi connectivity index (χ1v) is 22.5. The van der Waals surface area contributed by atoms with E-state index in [-0.39, 0.29) is 19.1 Å². The van der Waals surface area contributed by atoms with Gasteiger partial charge in [0.2, 0.25) is 5.91 Å². The van der Waals surface area contributed by atoms with Gasteiger partial charge in [-0.25, -0.2) is 4.57 Å². The van der Waals surface area contributed by atoms with E-state index in [1.165, 1.54) is 96.3 Å². The minimum atomic E-state index is -4.34. The number of allylic oxidation sites excluding steroid dienone is 7. The van der Waals surface area contributed by atoms with Crippen molar-refractivity contribution >= 4 is 13.7 Å². The molecular formula is C43H82N2O6P+. The Hall–Kier alpha value is -1.54. The van der Waals surface area contributed by atoms with Gasteiger partial charge in [-0.3, -0.25) is 13.8 Å². The lowest BCUT2D eigenvalue weighted by Gasteiger charge is -2.25. The molecule has 0 aromatic rings. The van der Waals surface area contributed by atoms with Crippen molar-refractivity contribution < 1.29 is 32.9 Å². The predicted molar refractivity (Wildman–Crippen MR) is 221 cm³/mol. The van der Waals surface area contributed by atoms with Crippen molar-refractivity contribution in [2.24, 2.45) is 0 Å². The van der Waals surface area contributed by atoms with Crippen LogP contribution in [0.15, 0.2) is 48.6 Å². The number of likely N-dealkylation sites (N-methyl/N-ethyl adjacent to an activating group) is 1. The van der Waals surface area contributed by atoms with Crippen molar-refractivity contribution in [3.8, 4) is 0 Å². The first-order valence-electron chi connectivity index (χ1n) is 21.0. The van der Waals surface area contributed by atoms with Gasteiger partial charge < -0.3 is 19.8 Å². The Kier molecular flexibility index (Phi) is 34.1. The smallest absolute Gasteiger partial charge is 0.387 e. The van der Waals surface area contributed by atoms with E-state index in [1.54, 1.807) is 6.08 Å². The average molecular weight is 754 g/mol. The van der Waals surface area contributed by atoms with Crippen LogP contribution in [0.25, 0.3) is 0 Å². The van der Waals surface area contributed by atoms with Gasteiger partial charge in [0.1, 0.15) is 13.2 Å². The first kappa shape index (κ1) is 50.5. The maximum atomic E-state index is 12.8. The Labute approximate surface area is 320 Å². The van der Waals surface area contributed by atoms with Gasteiger partial charge >= 0.3 is 7.82 Å². The summed E-state index contributed by atoms with van der Waals surface area (Å²) < 4.78 is 23.5. The van der Waals surface area contributed by atoms with E-state index < -0.39 is 20.0 Å². The number of carbonyl (C=O) groups is 1. The molecule has 0 radical (unpaired) electrons. The van der Waals surface area contributed by atoms with E-state index in [2.05, 4.69) is 55.6 Å². The number of carbonyl (C=O) groups excluding carboxylic acids is 1. The summed E-state index contributed by atoms with van der Waals surface area (Å²) in [5.74, 6) is -0.199. The van der Waals surface area contributed by atoms with E-state index in [1.807, 2.05) is 27.2 Å². The number of phosphoric acid groups is 1. The molecule has 0 aliphatic rings. The number of phosphoric ester groups is 1. The zero-order chi connectivity index (χ0) is 38.6. The van der Waals surface area contributed by atoms with Gasteiger partial charge in [0.05, 0.1) is 39.9 Å². The average Bonchev–Trinajstić information content (AvgIpc) is 3.09. The largest absolute Gasteiger partial charge is 0.472 e. The molecule has 3 unspecified atom stereocenters. The summed E-state index contributed by atoms with van der Waals surface area (Å²) in [6.07, 6.45) is 43.2. The van der Waals surface area contributed by atoms with Crippen LogP contribution in [0.5, 0.6) is 0 Å². The molecule has 304 valence electrons.